The van der Waals surface area contributed by atoms with Gasteiger partial charge in [0.1, 0.15) is 6.04 Å². The number of benzene rings is 1. The lowest BCUT2D eigenvalue weighted by Gasteiger charge is -2.33. The number of rotatable bonds is 4. The largest absolute Gasteiger partial charge is 0.464 e. The second-order valence-electron chi connectivity index (χ2n) is 5.84. The Kier molecular flexibility index (Phi) is 4.64. The van der Waals surface area contributed by atoms with E-state index in [1.807, 2.05) is 18.2 Å². The molecule has 1 aromatic heterocycles. The van der Waals surface area contributed by atoms with Crippen LogP contribution >= 0.6 is 0 Å². The van der Waals surface area contributed by atoms with Crippen molar-refractivity contribution in [1.29, 1.82) is 0 Å². The van der Waals surface area contributed by atoms with Crippen molar-refractivity contribution in [3.8, 4) is 0 Å². The third-order valence-corrected chi connectivity index (χ3v) is 4.35. The second kappa shape index (κ2) is 6.86. The van der Waals surface area contributed by atoms with E-state index in [9.17, 15) is 14.4 Å². The number of aromatic nitrogens is 1. The normalized spacial score (nSPS) is 17.7. The zero-order valence-electron chi connectivity index (χ0n) is 13.6. The highest BCUT2D eigenvalue weighted by atomic mass is 16.5. The van der Waals surface area contributed by atoms with Crippen molar-refractivity contribution >= 4 is 28.6 Å². The number of Topliss-reactive ketones (excluding diaryl/α,β-unsaturated/α-hetero) is 1. The summed E-state index contributed by atoms with van der Waals surface area (Å²) in [7, 11) is 0. The Morgan fingerprint density at radius 1 is 1.25 bits per heavy atom. The molecule has 0 spiro atoms. The number of fused-ring (bicyclic) bond motifs is 1. The maximum Gasteiger partial charge on any atom is 0.328 e. The van der Waals surface area contributed by atoms with Gasteiger partial charge in [0.25, 0.3) is 11.7 Å². The summed E-state index contributed by atoms with van der Waals surface area (Å²) in [6.07, 6.45) is 3.71. The van der Waals surface area contributed by atoms with E-state index in [0.717, 1.165) is 18.4 Å². The Morgan fingerprint density at radius 2 is 2.04 bits per heavy atom. The van der Waals surface area contributed by atoms with Crippen LogP contribution in [0.2, 0.25) is 0 Å². The van der Waals surface area contributed by atoms with Crippen LogP contribution in [0.25, 0.3) is 10.9 Å². The van der Waals surface area contributed by atoms with E-state index >= 15 is 0 Å². The van der Waals surface area contributed by atoms with Crippen LogP contribution in [0.5, 0.6) is 0 Å². The maximum atomic E-state index is 12.7. The highest BCUT2D eigenvalue weighted by Gasteiger charge is 2.36. The second-order valence-corrected chi connectivity index (χ2v) is 5.84. The Bertz CT molecular complexity index is 780. The van der Waals surface area contributed by atoms with Gasteiger partial charge in [0.2, 0.25) is 0 Å². The summed E-state index contributed by atoms with van der Waals surface area (Å²) in [6, 6.07) is 6.65. The van der Waals surface area contributed by atoms with Crippen LogP contribution in [0, 0.1) is 0 Å². The van der Waals surface area contributed by atoms with Gasteiger partial charge in [-0.1, -0.05) is 18.2 Å². The lowest BCUT2D eigenvalue weighted by atomic mass is 10.00. The summed E-state index contributed by atoms with van der Waals surface area (Å²) in [5.41, 5.74) is 1.14. The van der Waals surface area contributed by atoms with Gasteiger partial charge in [-0.3, -0.25) is 9.59 Å². The smallest absolute Gasteiger partial charge is 0.328 e. The number of hydrogen-bond donors (Lipinski definition) is 1. The number of esters is 1. The highest BCUT2D eigenvalue weighted by molar-refractivity contribution is 6.45. The van der Waals surface area contributed by atoms with Crippen molar-refractivity contribution in [2.75, 3.05) is 13.2 Å². The van der Waals surface area contributed by atoms with Crippen molar-refractivity contribution in [2.24, 2.45) is 0 Å². The molecular formula is C18H20N2O4. The number of amides is 1. The lowest BCUT2D eigenvalue weighted by Crippen LogP contribution is -2.51. The highest BCUT2D eigenvalue weighted by Crippen LogP contribution is 2.22. The van der Waals surface area contributed by atoms with Gasteiger partial charge in [0, 0.05) is 23.6 Å². The molecular weight excluding hydrogens is 308 g/mol. The van der Waals surface area contributed by atoms with Gasteiger partial charge in [-0.05, 0) is 32.3 Å². The molecule has 1 unspecified atom stereocenters. The van der Waals surface area contributed by atoms with Gasteiger partial charge in [0.15, 0.2) is 0 Å². The monoisotopic (exact) mass is 328 g/mol. The molecule has 0 bridgehead atoms. The zero-order chi connectivity index (χ0) is 17.1. The summed E-state index contributed by atoms with van der Waals surface area (Å²) in [6.45, 7) is 2.38. The molecule has 0 radical (unpaired) electrons. The number of aromatic amines is 1. The average Bonchev–Trinajstić information content (AvgIpc) is 3.04. The molecule has 0 saturated carbocycles. The van der Waals surface area contributed by atoms with E-state index in [1.54, 1.807) is 19.2 Å². The molecule has 6 heteroatoms. The number of ether oxygens (including phenoxy) is 1. The molecule has 1 aromatic carbocycles. The number of carbonyl (C=O) groups is 3. The first-order valence-corrected chi connectivity index (χ1v) is 8.21. The maximum absolute atomic E-state index is 12.7. The van der Waals surface area contributed by atoms with E-state index in [4.69, 9.17) is 4.74 Å². The molecule has 1 saturated heterocycles. The minimum Gasteiger partial charge on any atom is -0.464 e. The van der Waals surface area contributed by atoms with Crippen molar-refractivity contribution in [2.45, 2.75) is 32.2 Å². The Hall–Kier alpha value is -2.63. The van der Waals surface area contributed by atoms with E-state index < -0.39 is 23.7 Å². The fraction of sp³-hybridized carbons (Fsp3) is 0.389. The van der Waals surface area contributed by atoms with Crippen molar-refractivity contribution in [3.63, 3.8) is 0 Å². The van der Waals surface area contributed by atoms with Gasteiger partial charge in [0.05, 0.1) is 12.2 Å². The van der Waals surface area contributed by atoms with Crippen LogP contribution in [0.1, 0.15) is 36.5 Å². The predicted octanol–water partition coefficient (Wildman–Crippen LogP) is 2.29. The number of likely N-dealkylation sites (tertiary alicyclic amines) is 1. The van der Waals surface area contributed by atoms with Crippen molar-refractivity contribution in [3.05, 3.63) is 36.0 Å². The lowest BCUT2D eigenvalue weighted by molar-refractivity contribution is -0.155. The summed E-state index contributed by atoms with van der Waals surface area (Å²) in [5, 5.41) is 0.709. The van der Waals surface area contributed by atoms with E-state index in [1.165, 1.54) is 4.90 Å². The number of H-pyrrole nitrogens is 1. The molecule has 1 atom stereocenters. The number of para-hydroxylation sites is 1. The molecule has 1 amide bonds. The molecule has 2 heterocycles. The van der Waals surface area contributed by atoms with Gasteiger partial charge in [-0.25, -0.2) is 4.79 Å². The van der Waals surface area contributed by atoms with Crippen molar-refractivity contribution in [1.82, 2.24) is 9.88 Å². The standard InChI is InChI=1S/C18H20N2O4/c1-2-24-18(23)15-9-5-6-10-20(15)17(22)16(21)13-11-19-14-8-4-3-7-12(13)14/h3-4,7-8,11,15,19H,2,5-6,9-10H2,1H3. The fourth-order valence-electron chi connectivity index (χ4n) is 3.16. The molecule has 1 aliphatic rings. The third-order valence-electron chi connectivity index (χ3n) is 4.35. The minimum atomic E-state index is -0.666. The number of hydrogen-bond acceptors (Lipinski definition) is 4. The van der Waals surface area contributed by atoms with Gasteiger partial charge in [-0.2, -0.15) is 0 Å². The average molecular weight is 328 g/mol. The van der Waals surface area contributed by atoms with Crippen molar-refractivity contribution < 1.29 is 19.1 Å². The number of piperidine rings is 1. The molecule has 1 fully saturated rings. The minimum absolute atomic E-state index is 0.258. The molecule has 24 heavy (non-hydrogen) atoms. The van der Waals surface area contributed by atoms with Gasteiger partial charge >= 0.3 is 5.97 Å². The Balaban J connectivity index is 1.86. The topological polar surface area (TPSA) is 79.5 Å². The SMILES string of the molecule is CCOC(=O)C1CCCCN1C(=O)C(=O)c1c[nH]c2ccccc12. The van der Waals surface area contributed by atoms with Gasteiger partial charge in [-0.15, -0.1) is 0 Å². The van der Waals surface area contributed by atoms with Crippen LogP contribution < -0.4 is 0 Å². The zero-order valence-corrected chi connectivity index (χ0v) is 13.6. The molecule has 2 aromatic rings. The number of nitrogens with zero attached hydrogens (tertiary/aromatic N) is 1. The van der Waals surface area contributed by atoms with E-state index in [-0.39, 0.29) is 6.61 Å². The van der Waals surface area contributed by atoms with Crippen LogP contribution in [0.15, 0.2) is 30.5 Å². The van der Waals surface area contributed by atoms with Crippen LogP contribution in [-0.4, -0.2) is 46.7 Å². The Labute approximate surface area is 139 Å². The first-order valence-electron chi connectivity index (χ1n) is 8.21. The van der Waals surface area contributed by atoms with E-state index in [0.29, 0.717) is 23.9 Å². The molecule has 126 valence electrons. The summed E-state index contributed by atoms with van der Waals surface area (Å²) >= 11 is 0. The number of ketones is 1. The molecule has 0 aliphatic carbocycles. The quantitative estimate of drug-likeness (QED) is 0.530. The predicted molar refractivity (Wildman–Crippen MR) is 88.6 cm³/mol. The van der Waals surface area contributed by atoms with E-state index in [2.05, 4.69) is 4.98 Å². The molecule has 1 aliphatic heterocycles. The molecule has 1 N–H and O–H groups in total. The fourth-order valence-corrected chi connectivity index (χ4v) is 3.16. The molecule has 3 rings (SSSR count). The first-order chi connectivity index (χ1) is 11.6. The molecule has 6 nitrogen and oxygen atoms in total. The Morgan fingerprint density at radius 3 is 2.83 bits per heavy atom. The number of carbonyl (C=O) groups excluding carboxylic acids is 3. The van der Waals surface area contributed by atoms with Crippen LogP contribution in [0.4, 0.5) is 0 Å². The van der Waals surface area contributed by atoms with Crippen LogP contribution in [0.3, 0.4) is 0 Å². The summed E-state index contributed by atoms with van der Waals surface area (Å²) in [5.74, 6) is -1.67. The van der Waals surface area contributed by atoms with Gasteiger partial charge < -0.3 is 14.6 Å². The third kappa shape index (κ3) is 2.91. The first kappa shape index (κ1) is 16.2. The summed E-state index contributed by atoms with van der Waals surface area (Å²) in [4.78, 5) is 41.9. The van der Waals surface area contributed by atoms with Crippen LogP contribution in [-0.2, 0) is 14.3 Å². The number of nitrogens with one attached hydrogen (secondary N) is 1. The summed E-state index contributed by atoms with van der Waals surface area (Å²) < 4.78 is 5.05.